The van der Waals surface area contributed by atoms with Gasteiger partial charge in [0.15, 0.2) is 0 Å². The predicted octanol–water partition coefficient (Wildman–Crippen LogP) is 3.85. The second-order valence-corrected chi connectivity index (χ2v) is 5.89. The standard InChI is InChI=1S/C14H21NS/c1-4-10(2)15-11(3)14-9-12-7-5-6-8-13(12)16-14/h4,9-11,15H,1,5-8H2,2-3H3. The molecule has 0 aromatic carbocycles. The molecule has 0 fully saturated rings. The van der Waals surface area contributed by atoms with Gasteiger partial charge in [-0.25, -0.2) is 0 Å². The van der Waals surface area contributed by atoms with Crippen LogP contribution in [0, 0.1) is 0 Å². The number of hydrogen-bond donors (Lipinski definition) is 1. The van der Waals surface area contributed by atoms with Crippen LogP contribution >= 0.6 is 11.3 Å². The fourth-order valence-electron chi connectivity index (χ4n) is 2.27. The Labute approximate surface area is 103 Å². The molecule has 0 aliphatic heterocycles. The molecule has 0 spiro atoms. The summed E-state index contributed by atoms with van der Waals surface area (Å²) in [6.07, 6.45) is 7.29. The summed E-state index contributed by atoms with van der Waals surface area (Å²) >= 11 is 2.00. The van der Waals surface area contributed by atoms with Crippen molar-refractivity contribution in [2.45, 2.75) is 51.6 Å². The maximum Gasteiger partial charge on any atom is 0.0391 e. The Kier molecular flexibility index (Phi) is 3.82. The lowest BCUT2D eigenvalue weighted by atomic mass is 9.99. The normalized spacial score (nSPS) is 18.9. The first-order valence-electron chi connectivity index (χ1n) is 6.21. The van der Waals surface area contributed by atoms with E-state index in [0.717, 1.165) is 0 Å². The molecule has 1 aliphatic carbocycles. The van der Waals surface area contributed by atoms with Crippen molar-refractivity contribution in [1.82, 2.24) is 5.32 Å². The van der Waals surface area contributed by atoms with Crippen LogP contribution in [0.5, 0.6) is 0 Å². The molecule has 0 radical (unpaired) electrons. The van der Waals surface area contributed by atoms with Crippen LogP contribution in [0.3, 0.4) is 0 Å². The first-order chi connectivity index (χ1) is 7.70. The molecule has 16 heavy (non-hydrogen) atoms. The highest BCUT2D eigenvalue weighted by molar-refractivity contribution is 7.12. The van der Waals surface area contributed by atoms with Crippen molar-refractivity contribution < 1.29 is 0 Å². The zero-order valence-corrected chi connectivity index (χ0v) is 11.1. The second-order valence-electron chi connectivity index (χ2n) is 4.72. The van der Waals surface area contributed by atoms with Crippen LogP contribution in [-0.2, 0) is 12.8 Å². The summed E-state index contributed by atoms with van der Waals surface area (Å²) in [4.78, 5) is 3.11. The summed E-state index contributed by atoms with van der Waals surface area (Å²) in [5.74, 6) is 0. The van der Waals surface area contributed by atoms with E-state index >= 15 is 0 Å². The third kappa shape index (κ3) is 2.55. The van der Waals surface area contributed by atoms with Gasteiger partial charge in [-0.15, -0.1) is 17.9 Å². The molecule has 0 amide bonds. The van der Waals surface area contributed by atoms with Gasteiger partial charge in [0.2, 0.25) is 0 Å². The van der Waals surface area contributed by atoms with Gasteiger partial charge in [-0.3, -0.25) is 0 Å². The van der Waals surface area contributed by atoms with Crippen LogP contribution in [0.25, 0.3) is 0 Å². The molecule has 1 aromatic heterocycles. The molecule has 1 heterocycles. The number of hydrogen-bond acceptors (Lipinski definition) is 2. The minimum absolute atomic E-state index is 0.383. The highest BCUT2D eigenvalue weighted by atomic mass is 32.1. The van der Waals surface area contributed by atoms with E-state index in [1.54, 1.807) is 10.4 Å². The number of nitrogens with one attached hydrogen (secondary N) is 1. The van der Waals surface area contributed by atoms with E-state index < -0.39 is 0 Å². The van der Waals surface area contributed by atoms with Crippen molar-refractivity contribution in [2.24, 2.45) is 0 Å². The van der Waals surface area contributed by atoms with Gasteiger partial charge in [0.25, 0.3) is 0 Å². The van der Waals surface area contributed by atoms with Gasteiger partial charge in [0.1, 0.15) is 0 Å². The zero-order valence-electron chi connectivity index (χ0n) is 10.3. The van der Waals surface area contributed by atoms with Crippen molar-refractivity contribution in [3.63, 3.8) is 0 Å². The average Bonchev–Trinajstić information content (AvgIpc) is 2.72. The molecule has 0 saturated carbocycles. The Morgan fingerprint density at radius 2 is 2.12 bits per heavy atom. The Morgan fingerprint density at radius 1 is 1.38 bits per heavy atom. The minimum Gasteiger partial charge on any atom is -0.303 e. The second kappa shape index (κ2) is 5.15. The highest BCUT2D eigenvalue weighted by Crippen LogP contribution is 2.32. The van der Waals surface area contributed by atoms with Crippen LogP contribution in [0.1, 0.15) is 48.0 Å². The smallest absolute Gasteiger partial charge is 0.0391 e. The Bertz CT molecular complexity index is 343. The molecule has 1 aliphatic rings. The molecule has 1 nitrogen and oxygen atoms in total. The van der Waals surface area contributed by atoms with Crippen LogP contribution in [0.2, 0.25) is 0 Å². The molecule has 2 heteroatoms. The fourth-order valence-corrected chi connectivity index (χ4v) is 3.54. The third-order valence-electron chi connectivity index (χ3n) is 3.31. The van der Waals surface area contributed by atoms with Gasteiger partial charge >= 0.3 is 0 Å². The van der Waals surface area contributed by atoms with Gasteiger partial charge in [-0.05, 0) is 51.2 Å². The molecular formula is C14H21NS. The molecule has 1 aromatic rings. The molecule has 0 saturated heterocycles. The van der Waals surface area contributed by atoms with Gasteiger partial charge in [0.05, 0.1) is 0 Å². The summed E-state index contributed by atoms with van der Waals surface area (Å²) < 4.78 is 0. The largest absolute Gasteiger partial charge is 0.303 e. The number of aryl methyl sites for hydroxylation is 2. The lowest BCUT2D eigenvalue weighted by molar-refractivity contribution is 0.543. The van der Waals surface area contributed by atoms with E-state index in [1.807, 2.05) is 17.4 Å². The summed E-state index contributed by atoms with van der Waals surface area (Å²) in [6.45, 7) is 8.21. The third-order valence-corrected chi connectivity index (χ3v) is 4.73. The van der Waals surface area contributed by atoms with Crippen LogP contribution in [-0.4, -0.2) is 6.04 Å². The number of rotatable bonds is 4. The van der Waals surface area contributed by atoms with Gasteiger partial charge < -0.3 is 5.32 Å². The minimum atomic E-state index is 0.383. The molecule has 1 N–H and O–H groups in total. The summed E-state index contributed by atoms with van der Waals surface area (Å²) in [5.41, 5.74) is 1.60. The molecule has 2 unspecified atom stereocenters. The van der Waals surface area contributed by atoms with Crippen molar-refractivity contribution >= 4 is 11.3 Å². The maximum atomic E-state index is 3.81. The predicted molar refractivity (Wildman–Crippen MR) is 72.2 cm³/mol. The van der Waals surface area contributed by atoms with Crippen molar-refractivity contribution in [2.75, 3.05) is 0 Å². The van der Waals surface area contributed by atoms with E-state index in [4.69, 9.17) is 0 Å². The lowest BCUT2D eigenvalue weighted by Gasteiger charge is -2.15. The number of thiophene rings is 1. The lowest BCUT2D eigenvalue weighted by Crippen LogP contribution is -2.26. The monoisotopic (exact) mass is 235 g/mol. The maximum absolute atomic E-state index is 3.81. The first kappa shape index (κ1) is 11.9. The Morgan fingerprint density at radius 3 is 2.81 bits per heavy atom. The number of fused-ring (bicyclic) bond motifs is 1. The van der Waals surface area contributed by atoms with E-state index in [-0.39, 0.29) is 0 Å². The van der Waals surface area contributed by atoms with E-state index in [0.29, 0.717) is 12.1 Å². The quantitative estimate of drug-likeness (QED) is 0.782. The molecule has 2 atom stereocenters. The summed E-state index contributed by atoms with van der Waals surface area (Å²) in [7, 11) is 0. The van der Waals surface area contributed by atoms with Gasteiger partial charge in [-0.2, -0.15) is 0 Å². The van der Waals surface area contributed by atoms with Crippen molar-refractivity contribution in [3.05, 3.63) is 34.0 Å². The van der Waals surface area contributed by atoms with Crippen molar-refractivity contribution in [3.8, 4) is 0 Å². The van der Waals surface area contributed by atoms with E-state index in [9.17, 15) is 0 Å². The molecular weight excluding hydrogens is 214 g/mol. The highest BCUT2D eigenvalue weighted by Gasteiger charge is 2.16. The first-order valence-corrected chi connectivity index (χ1v) is 7.02. The SMILES string of the molecule is C=CC(C)NC(C)c1cc2c(s1)CCCC2. The zero-order chi connectivity index (χ0) is 11.5. The Hall–Kier alpha value is -0.600. The van der Waals surface area contributed by atoms with Crippen LogP contribution in [0.15, 0.2) is 18.7 Å². The summed E-state index contributed by atoms with van der Waals surface area (Å²) in [5, 5.41) is 3.55. The van der Waals surface area contributed by atoms with Crippen molar-refractivity contribution in [1.29, 1.82) is 0 Å². The van der Waals surface area contributed by atoms with Crippen LogP contribution in [0.4, 0.5) is 0 Å². The van der Waals surface area contributed by atoms with Gasteiger partial charge in [-0.1, -0.05) is 6.08 Å². The molecule has 2 rings (SSSR count). The molecule has 0 bridgehead atoms. The Balaban J connectivity index is 2.08. The van der Waals surface area contributed by atoms with E-state index in [2.05, 4.69) is 31.8 Å². The molecule has 88 valence electrons. The average molecular weight is 235 g/mol. The fraction of sp³-hybridized carbons (Fsp3) is 0.571. The topological polar surface area (TPSA) is 12.0 Å². The van der Waals surface area contributed by atoms with Gasteiger partial charge in [0, 0.05) is 21.8 Å². The van der Waals surface area contributed by atoms with Crippen LogP contribution < -0.4 is 5.32 Å². The van der Waals surface area contributed by atoms with E-state index in [1.165, 1.54) is 30.6 Å². The summed E-state index contributed by atoms with van der Waals surface area (Å²) in [6, 6.07) is 3.24.